The van der Waals surface area contributed by atoms with Crippen molar-refractivity contribution < 1.29 is 46.7 Å². The van der Waals surface area contributed by atoms with E-state index in [2.05, 4.69) is 4.74 Å². The second-order valence-corrected chi connectivity index (χ2v) is 7.38. The van der Waals surface area contributed by atoms with Gasteiger partial charge >= 0.3 is 6.18 Å². The zero-order valence-electron chi connectivity index (χ0n) is 16.5. The molecule has 1 aliphatic rings. The number of benzene rings is 2. The molecule has 1 heterocycles. The van der Waals surface area contributed by atoms with E-state index in [0.717, 1.165) is 37.4 Å². The average molecular weight is 448 g/mol. The zero-order chi connectivity index (χ0) is 23.1. The van der Waals surface area contributed by atoms with Crippen LogP contribution in [0.25, 0.3) is 0 Å². The van der Waals surface area contributed by atoms with Crippen molar-refractivity contribution in [2.24, 2.45) is 0 Å². The molecule has 0 bridgehead atoms. The summed E-state index contributed by atoms with van der Waals surface area (Å²) in [6.07, 6.45) is -12.1. The predicted octanol–water partition coefficient (Wildman–Crippen LogP) is 3.13. The van der Waals surface area contributed by atoms with Crippen LogP contribution < -0.4 is 4.74 Å². The fourth-order valence-corrected chi connectivity index (χ4v) is 3.61. The molecule has 0 unspecified atom stereocenters. The lowest BCUT2D eigenvalue weighted by molar-refractivity contribution is -0.219. The van der Waals surface area contributed by atoms with Crippen molar-refractivity contribution >= 4 is 0 Å². The molecule has 2 aromatic rings. The molecular weight excluding hydrogens is 427 g/mol. The maximum Gasteiger partial charge on any atom is 0.416 e. The fourth-order valence-electron chi connectivity index (χ4n) is 3.61. The second kappa shape index (κ2) is 8.70. The minimum atomic E-state index is -4.77. The summed E-state index contributed by atoms with van der Waals surface area (Å²) in [4.78, 5) is 0. The van der Waals surface area contributed by atoms with Crippen LogP contribution in [0.4, 0.5) is 22.0 Å². The van der Waals surface area contributed by atoms with Gasteiger partial charge in [0.25, 0.3) is 0 Å². The summed E-state index contributed by atoms with van der Waals surface area (Å²) in [7, 11) is 1.13. The molecular formula is C21H21F5O5. The molecule has 3 rings (SSSR count). The zero-order valence-corrected chi connectivity index (χ0v) is 16.5. The third-order valence-corrected chi connectivity index (χ3v) is 5.34. The number of ether oxygens (including phenoxy) is 2. The van der Waals surface area contributed by atoms with E-state index in [0.29, 0.717) is 0 Å². The summed E-state index contributed by atoms with van der Waals surface area (Å²) in [6, 6.07) is 5.12. The Bertz CT molecular complexity index is 948. The van der Waals surface area contributed by atoms with Crippen molar-refractivity contribution in [3.05, 3.63) is 64.2 Å². The maximum absolute atomic E-state index is 14.4. The molecule has 3 N–H and O–H groups in total. The molecule has 0 saturated carbocycles. The van der Waals surface area contributed by atoms with E-state index in [1.807, 2.05) is 0 Å². The highest BCUT2D eigenvalue weighted by Crippen LogP contribution is 2.38. The Balaban J connectivity index is 2.04. The molecule has 1 fully saturated rings. The van der Waals surface area contributed by atoms with Crippen molar-refractivity contribution in [1.82, 2.24) is 0 Å². The summed E-state index contributed by atoms with van der Waals surface area (Å²) in [6.45, 7) is 1.44. The van der Waals surface area contributed by atoms with Gasteiger partial charge in [-0.25, -0.2) is 4.39 Å². The molecule has 1 saturated heterocycles. The molecule has 0 aromatic heterocycles. The van der Waals surface area contributed by atoms with Gasteiger partial charge in [-0.15, -0.1) is 0 Å². The highest BCUT2D eigenvalue weighted by Gasteiger charge is 2.43. The highest BCUT2D eigenvalue weighted by molar-refractivity contribution is 5.41. The smallest absolute Gasteiger partial charge is 0.416 e. The SMILES string of the molecule is COc1ccc(Cc2cc([C@@H]3O[C@H](C)[C@@H](O)[C@H](O)[C@H]3O)ccc2C(F)(F)F)c(F)c1F. The van der Waals surface area contributed by atoms with Gasteiger partial charge in [0.1, 0.15) is 24.4 Å². The van der Waals surface area contributed by atoms with Crippen LogP contribution in [-0.2, 0) is 17.3 Å². The highest BCUT2D eigenvalue weighted by atomic mass is 19.4. The summed E-state index contributed by atoms with van der Waals surface area (Å²) < 4.78 is 79.1. The van der Waals surface area contributed by atoms with Gasteiger partial charge in [-0.2, -0.15) is 17.6 Å². The predicted molar refractivity (Wildman–Crippen MR) is 98.5 cm³/mol. The Labute approximate surface area is 174 Å². The number of methoxy groups -OCH3 is 1. The molecule has 10 heteroatoms. The van der Waals surface area contributed by atoms with Gasteiger partial charge in [0.2, 0.25) is 5.82 Å². The third-order valence-electron chi connectivity index (χ3n) is 5.34. The quantitative estimate of drug-likeness (QED) is 0.627. The van der Waals surface area contributed by atoms with Crippen molar-refractivity contribution in [2.45, 2.75) is 50.0 Å². The van der Waals surface area contributed by atoms with Crippen LogP contribution in [0.2, 0.25) is 0 Å². The van der Waals surface area contributed by atoms with E-state index in [1.165, 1.54) is 6.92 Å². The van der Waals surface area contributed by atoms with E-state index < -0.39 is 60.3 Å². The Kier molecular flexibility index (Phi) is 6.56. The van der Waals surface area contributed by atoms with Gasteiger partial charge in [0.05, 0.1) is 18.8 Å². The number of aliphatic hydroxyl groups excluding tert-OH is 3. The van der Waals surface area contributed by atoms with Crippen LogP contribution >= 0.6 is 0 Å². The Morgan fingerprint density at radius 2 is 1.61 bits per heavy atom. The standard InChI is InChI=1S/C21H21F5O5/c1-9-17(27)18(28)19(29)20(31-9)11-3-5-13(21(24,25)26)12(8-11)7-10-4-6-14(30-2)16(23)15(10)22/h3-6,8-9,17-20,27-29H,7H2,1-2H3/t9-,17-,18+,19-,20+/m1/s1. The normalized spacial score (nSPS) is 26.7. The van der Waals surface area contributed by atoms with Crippen molar-refractivity contribution in [1.29, 1.82) is 0 Å². The number of aliphatic hydroxyl groups is 3. The lowest BCUT2D eigenvalue weighted by Gasteiger charge is -2.39. The minimum absolute atomic E-state index is 0.0858. The van der Waals surface area contributed by atoms with Crippen molar-refractivity contribution in [3.8, 4) is 5.75 Å². The largest absolute Gasteiger partial charge is 0.494 e. The van der Waals surface area contributed by atoms with Crippen molar-refractivity contribution in [2.75, 3.05) is 7.11 Å². The number of halogens is 5. The van der Waals surface area contributed by atoms with Crippen LogP contribution in [-0.4, -0.2) is 46.8 Å². The maximum atomic E-state index is 14.4. The molecule has 0 spiro atoms. The molecule has 0 amide bonds. The van der Waals surface area contributed by atoms with Gasteiger partial charge in [0.15, 0.2) is 11.6 Å². The monoisotopic (exact) mass is 448 g/mol. The first-order valence-electron chi connectivity index (χ1n) is 9.36. The number of rotatable bonds is 4. The average Bonchev–Trinajstić information content (AvgIpc) is 2.72. The number of hydrogen-bond acceptors (Lipinski definition) is 5. The lowest BCUT2D eigenvalue weighted by Crippen LogP contribution is -2.53. The molecule has 1 aliphatic heterocycles. The van der Waals surface area contributed by atoms with E-state index in [-0.39, 0.29) is 22.4 Å². The third kappa shape index (κ3) is 4.52. The van der Waals surface area contributed by atoms with Gasteiger partial charge < -0.3 is 24.8 Å². The van der Waals surface area contributed by atoms with Gasteiger partial charge in [-0.1, -0.05) is 18.2 Å². The van der Waals surface area contributed by atoms with Gasteiger partial charge in [-0.3, -0.25) is 0 Å². The Hall–Kier alpha value is -2.27. The molecule has 0 aliphatic carbocycles. The first-order chi connectivity index (χ1) is 14.5. The van der Waals surface area contributed by atoms with Gasteiger partial charge in [-0.05, 0) is 35.7 Å². The van der Waals surface area contributed by atoms with Crippen LogP contribution in [0.15, 0.2) is 30.3 Å². The van der Waals surface area contributed by atoms with Crippen LogP contribution in [0, 0.1) is 11.6 Å². The van der Waals surface area contributed by atoms with Crippen molar-refractivity contribution in [3.63, 3.8) is 0 Å². The molecule has 31 heavy (non-hydrogen) atoms. The first kappa shape index (κ1) is 23.4. The minimum Gasteiger partial charge on any atom is -0.494 e. The fraction of sp³-hybridized carbons (Fsp3) is 0.429. The molecule has 5 atom stereocenters. The number of hydrogen-bond donors (Lipinski definition) is 3. The summed E-state index contributed by atoms with van der Waals surface area (Å²) in [5, 5.41) is 30.0. The summed E-state index contributed by atoms with van der Waals surface area (Å²) in [5.41, 5.74) is -1.68. The Morgan fingerprint density at radius 3 is 2.23 bits per heavy atom. The molecule has 5 nitrogen and oxygen atoms in total. The van der Waals surface area contributed by atoms with E-state index >= 15 is 0 Å². The van der Waals surface area contributed by atoms with Crippen LogP contribution in [0.5, 0.6) is 5.75 Å². The van der Waals surface area contributed by atoms with E-state index in [9.17, 15) is 37.3 Å². The molecule has 0 radical (unpaired) electrons. The second-order valence-electron chi connectivity index (χ2n) is 7.38. The Morgan fingerprint density at radius 1 is 0.935 bits per heavy atom. The molecule has 170 valence electrons. The van der Waals surface area contributed by atoms with Gasteiger partial charge in [0, 0.05) is 6.42 Å². The summed E-state index contributed by atoms with van der Waals surface area (Å²) >= 11 is 0. The van der Waals surface area contributed by atoms with Crippen LogP contribution in [0.1, 0.15) is 35.3 Å². The van der Waals surface area contributed by atoms with E-state index in [1.54, 1.807) is 0 Å². The summed E-state index contributed by atoms with van der Waals surface area (Å²) in [5.74, 6) is -3.04. The topological polar surface area (TPSA) is 79.2 Å². The van der Waals surface area contributed by atoms with E-state index in [4.69, 9.17) is 4.74 Å². The lowest BCUT2D eigenvalue weighted by atomic mass is 9.89. The first-order valence-corrected chi connectivity index (χ1v) is 9.36. The van der Waals surface area contributed by atoms with Crippen LogP contribution in [0.3, 0.4) is 0 Å². The number of alkyl halides is 3. The molecule has 2 aromatic carbocycles.